The molecule has 0 saturated carbocycles. The quantitative estimate of drug-likeness (QED) is 0.725. The van der Waals surface area contributed by atoms with E-state index in [9.17, 15) is 9.59 Å². The van der Waals surface area contributed by atoms with Crippen molar-refractivity contribution in [1.29, 1.82) is 0 Å². The molecule has 1 heterocycles. The third kappa shape index (κ3) is 4.65. The van der Waals surface area contributed by atoms with Gasteiger partial charge in [0.2, 0.25) is 11.8 Å². The van der Waals surface area contributed by atoms with Crippen LogP contribution in [0.1, 0.15) is 12.0 Å². The SMILES string of the molecule is COc1ccc(Cl)cc1N1CC(C(=O)N(C)Cc2ccc(N(C)C)cc2)CC1=O. The highest BCUT2D eigenvalue weighted by atomic mass is 35.5. The summed E-state index contributed by atoms with van der Waals surface area (Å²) in [6.07, 6.45) is 0.179. The predicted octanol–water partition coefficient (Wildman–Crippen LogP) is 3.43. The predicted molar refractivity (Wildman–Crippen MR) is 116 cm³/mol. The fraction of sp³-hybridized carbons (Fsp3) is 0.364. The van der Waals surface area contributed by atoms with Crippen molar-refractivity contribution in [2.24, 2.45) is 5.92 Å². The van der Waals surface area contributed by atoms with Gasteiger partial charge in [0.25, 0.3) is 0 Å². The first kappa shape index (κ1) is 21.0. The van der Waals surface area contributed by atoms with Crippen molar-refractivity contribution in [2.75, 3.05) is 44.6 Å². The number of carbonyl (C=O) groups excluding carboxylic acids is 2. The zero-order valence-corrected chi connectivity index (χ0v) is 17.9. The number of benzene rings is 2. The van der Waals surface area contributed by atoms with Crippen LogP contribution in [-0.2, 0) is 16.1 Å². The second-order valence-corrected chi connectivity index (χ2v) is 7.91. The van der Waals surface area contributed by atoms with Crippen molar-refractivity contribution in [3.05, 3.63) is 53.1 Å². The number of hydrogen-bond acceptors (Lipinski definition) is 4. The second-order valence-electron chi connectivity index (χ2n) is 7.48. The molecule has 1 atom stereocenters. The summed E-state index contributed by atoms with van der Waals surface area (Å²) in [7, 11) is 7.30. The highest BCUT2D eigenvalue weighted by molar-refractivity contribution is 6.31. The molecule has 1 aliphatic heterocycles. The highest BCUT2D eigenvalue weighted by Crippen LogP contribution is 2.35. The maximum atomic E-state index is 13.0. The van der Waals surface area contributed by atoms with Gasteiger partial charge in [-0.1, -0.05) is 23.7 Å². The average Bonchev–Trinajstić information content (AvgIpc) is 3.09. The Morgan fingerprint density at radius 1 is 1.17 bits per heavy atom. The summed E-state index contributed by atoms with van der Waals surface area (Å²) in [5.41, 5.74) is 2.75. The van der Waals surface area contributed by atoms with Crippen LogP contribution in [0, 0.1) is 5.92 Å². The van der Waals surface area contributed by atoms with Crippen LogP contribution in [0.25, 0.3) is 0 Å². The third-order valence-corrected chi connectivity index (χ3v) is 5.39. The Hall–Kier alpha value is -2.73. The number of carbonyl (C=O) groups is 2. The fourth-order valence-electron chi connectivity index (χ4n) is 3.54. The molecule has 0 N–H and O–H groups in total. The minimum Gasteiger partial charge on any atom is -0.495 e. The largest absolute Gasteiger partial charge is 0.495 e. The highest BCUT2D eigenvalue weighted by Gasteiger charge is 2.37. The zero-order chi connectivity index (χ0) is 21.1. The van der Waals surface area contributed by atoms with E-state index >= 15 is 0 Å². The summed E-state index contributed by atoms with van der Waals surface area (Å²) in [5, 5.41) is 0.515. The van der Waals surface area contributed by atoms with Crippen LogP contribution in [-0.4, -0.2) is 51.5 Å². The van der Waals surface area contributed by atoms with Gasteiger partial charge in [-0.05, 0) is 35.9 Å². The molecule has 0 spiro atoms. The molecule has 0 radical (unpaired) electrons. The van der Waals surface area contributed by atoms with Gasteiger partial charge >= 0.3 is 0 Å². The summed E-state index contributed by atoms with van der Waals surface area (Å²) in [4.78, 5) is 30.9. The number of nitrogens with zero attached hydrogens (tertiary/aromatic N) is 3. The van der Waals surface area contributed by atoms with E-state index in [0.29, 0.717) is 29.5 Å². The van der Waals surface area contributed by atoms with Crippen LogP contribution in [0.15, 0.2) is 42.5 Å². The number of rotatable bonds is 6. The molecule has 1 unspecified atom stereocenters. The van der Waals surface area contributed by atoms with Gasteiger partial charge in [0.1, 0.15) is 5.75 Å². The minimum absolute atomic E-state index is 0.0430. The summed E-state index contributed by atoms with van der Waals surface area (Å²) in [6, 6.07) is 13.2. The van der Waals surface area contributed by atoms with Crippen LogP contribution in [0.4, 0.5) is 11.4 Å². The Labute approximate surface area is 176 Å². The van der Waals surface area contributed by atoms with E-state index in [0.717, 1.165) is 11.3 Å². The Balaban J connectivity index is 1.69. The van der Waals surface area contributed by atoms with Crippen LogP contribution in [0.5, 0.6) is 5.75 Å². The van der Waals surface area contributed by atoms with E-state index in [2.05, 4.69) is 0 Å². The average molecular weight is 416 g/mol. The van der Waals surface area contributed by atoms with Gasteiger partial charge in [-0.15, -0.1) is 0 Å². The van der Waals surface area contributed by atoms with Crippen molar-refractivity contribution in [1.82, 2.24) is 4.90 Å². The van der Waals surface area contributed by atoms with Gasteiger partial charge in [0.15, 0.2) is 0 Å². The Morgan fingerprint density at radius 3 is 2.48 bits per heavy atom. The molecular weight excluding hydrogens is 390 g/mol. The van der Waals surface area contributed by atoms with Crippen molar-refractivity contribution >= 4 is 34.8 Å². The summed E-state index contributed by atoms with van der Waals surface area (Å²) >= 11 is 6.10. The van der Waals surface area contributed by atoms with Gasteiger partial charge in [0, 0.05) is 51.4 Å². The van der Waals surface area contributed by atoms with E-state index < -0.39 is 5.92 Å². The van der Waals surface area contributed by atoms with Crippen LogP contribution in [0.3, 0.4) is 0 Å². The molecule has 7 heteroatoms. The molecule has 154 valence electrons. The molecule has 2 aromatic rings. The summed E-state index contributed by atoms with van der Waals surface area (Å²) in [5.74, 6) is 0.0219. The Bertz CT molecular complexity index is 899. The lowest BCUT2D eigenvalue weighted by Gasteiger charge is -2.23. The van der Waals surface area contributed by atoms with E-state index in [-0.39, 0.29) is 18.2 Å². The Kier molecular flexibility index (Phi) is 6.33. The van der Waals surface area contributed by atoms with Crippen molar-refractivity contribution < 1.29 is 14.3 Å². The molecule has 29 heavy (non-hydrogen) atoms. The van der Waals surface area contributed by atoms with E-state index in [1.54, 1.807) is 42.2 Å². The molecule has 2 amide bonds. The first-order chi connectivity index (χ1) is 13.8. The van der Waals surface area contributed by atoms with Gasteiger partial charge < -0.3 is 19.4 Å². The summed E-state index contributed by atoms with van der Waals surface area (Å²) < 4.78 is 5.36. The van der Waals surface area contributed by atoms with Crippen molar-refractivity contribution in [3.63, 3.8) is 0 Å². The van der Waals surface area contributed by atoms with Crippen LogP contribution >= 0.6 is 11.6 Å². The number of anilines is 2. The Morgan fingerprint density at radius 2 is 1.86 bits per heavy atom. The first-order valence-electron chi connectivity index (χ1n) is 9.45. The van der Waals surface area contributed by atoms with E-state index in [1.165, 1.54) is 0 Å². The normalized spacial score (nSPS) is 16.1. The number of amides is 2. The number of halogens is 1. The fourth-order valence-corrected chi connectivity index (χ4v) is 3.71. The van der Waals surface area contributed by atoms with Crippen LogP contribution < -0.4 is 14.5 Å². The lowest BCUT2D eigenvalue weighted by Crippen LogP contribution is -2.34. The lowest BCUT2D eigenvalue weighted by molar-refractivity contribution is -0.135. The van der Waals surface area contributed by atoms with Crippen molar-refractivity contribution in [2.45, 2.75) is 13.0 Å². The molecule has 1 saturated heterocycles. The van der Waals surface area contributed by atoms with Gasteiger partial charge in [0.05, 0.1) is 18.7 Å². The molecular formula is C22H26ClN3O3. The summed E-state index contributed by atoms with van der Waals surface area (Å²) in [6.45, 7) is 0.815. The molecule has 6 nitrogen and oxygen atoms in total. The zero-order valence-electron chi connectivity index (χ0n) is 17.2. The number of ether oxygens (including phenoxy) is 1. The topological polar surface area (TPSA) is 53.1 Å². The lowest BCUT2D eigenvalue weighted by atomic mass is 10.1. The number of methoxy groups -OCH3 is 1. The van der Waals surface area contributed by atoms with Gasteiger partial charge in [-0.25, -0.2) is 0 Å². The molecule has 0 aliphatic carbocycles. The smallest absolute Gasteiger partial charge is 0.228 e. The maximum Gasteiger partial charge on any atom is 0.228 e. The van der Waals surface area contributed by atoms with Crippen molar-refractivity contribution in [3.8, 4) is 5.75 Å². The molecule has 0 aromatic heterocycles. The van der Waals surface area contributed by atoms with Gasteiger partial charge in [-0.3, -0.25) is 9.59 Å². The minimum atomic E-state index is -0.391. The molecule has 3 rings (SSSR count). The maximum absolute atomic E-state index is 13.0. The second kappa shape index (κ2) is 8.74. The first-order valence-corrected chi connectivity index (χ1v) is 9.83. The standard InChI is InChI=1S/C22H26ClN3O3/c1-24(2)18-8-5-15(6-9-18)13-25(3)22(28)16-11-21(27)26(14-16)19-12-17(23)7-10-20(19)29-4/h5-10,12,16H,11,13-14H2,1-4H3. The van der Waals surface area contributed by atoms with Gasteiger partial charge in [-0.2, -0.15) is 0 Å². The molecule has 0 bridgehead atoms. The molecule has 1 fully saturated rings. The van der Waals surface area contributed by atoms with E-state index in [1.807, 2.05) is 43.3 Å². The monoisotopic (exact) mass is 415 g/mol. The third-order valence-electron chi connectivity index (χ3n) is 5.15. The molecule has 1 aliphatic rings. The van der Waals surface area contributed by atoms with E-state index in [4.69, 9.17) is 16.3 Å². The molecule has 2 aromatic carbocycles. The van der Waals surface area contributed by atoms with Crippen LogP contribution in [0.2, 0.25) is 5.02 Å². The number of hydrogen-bond donors (Lipinski definition) is 0.